The van der Waals surface area contributed by atoms with E-state index < -0.39 is 21.7 Å². The fourth-order valence-electron chi connectivity index (χ4n) is 1.66. The summed E-state index contributed by atoms with van der Waals surface area (Å²) in [5.41, 5.74) is 0.230. The van der Waals surface area contributed by atoms with E-state index in [1.54, 1.807) is 0 Å². The predicted molar refractivity (Wildman–Crippen MR) is 76.7 cm³/mol. The topological polar surface area (TPSA) is 72.5 Å². The van der Waals surface area contributed by atoms with Gasteiger partial charge in [0.25, 0.3) is 0 Å². The maximum atomic E-state index is 13.6. The molecule has 0 aliphatic carbocycles. The highest BCUT2D eigenvalue weighted by molar-refractivity contribution is 7.92. The van der Waals surface area contributed by atoms with E-state index in [-0.39, 0.29) is 22.7 Å². The van der Waals surface area contributed by atoms with Crippen LogP contribution in [0.4, 0.5) is 14.5 Å². The Morgan fingerprint density at radius 2 is 1.82 bits per heavy atom. The third kappa shape index (κ3) is 4.01. The van der Waals surface area contributed by atoms with Crippen LogP contribution in [-0.2, 0) is 10.0 Å². The quantitative estimate of drug-likeness (QED) is 0.857. The second kappa shape index (κ2) is 6.10. The van der Waals surface area contributed by atoms with Crippen LogP contribution in [0.1, 0.15) is 10.4 Å². The summed E-state index contributed by atoms with van der Waals surface area (Å²) in [7, 11) is -3.60. The molecule has 116 valence electrons. The number of benzene rings is 2. The number of nitrogens with one attached hydrogen (secondary N) is 1. The zero-order valence-electron chi connectivity index (χ0n) is 11.3. The van der Waals surface area contributed by atoms with Crippen LogP contribution >= 0.6 is 0 Å². The lowest BCUT2D eigenvalue weighted by molar-refractivity contribution is 0.112. The molecule has 0 bridgehead atoms. The minimum atomic E-state index is -3.60. The molecule has 0 radical (unpaired) electrons. The van der Waals surface area contributed by atoms with E-state index in [1.807, 2.05) is 0 Å². The molecule has 0 atom stereocenters. The van der Waals surface area contributed by atoms with Gasteiger partial charge < -0.3 is 4.74 Å². The lowest BCUT2D eigenvalue weighted by Gasteiger charge is -2.13. The van der Waals surface area contributed by atoms with E-state index in [2.05, 4.69) is 4.72 Å². The van der Waals surface area contributed by atoms with E-state index in [1.165, 1.54) is 18.2 Å². The number of aldehydes is 1. The Bertz CT molecular complexity index is 822. The van der Waals surface area contributed by atoms with E-state index in [0.717, 1.165) is 18.4 Å². The molecule has 0 fully saturated rings. The third-order valence-corrected chi connectivity index (χ3v) is 3.14. The lowest BCUT2D eigenvalue weighted by atomic mass is 10.2. The van der Waals surface area contributed by atoms with Crippen LogP contribution in [0, 0.1) is 11.6 Å². The highest BCUT2D eigenvalue weighted by Crippen LogP contribution is 2.32. The van der Waals surface area contributed by atoms with Crippen LogP contribution in [-0.4, -0.2) is 21.0 Å². The van der Waals surface area contributed by atoms with E-state index in [9.17, 15) is 22.0 Å². The third-order valence-electron chi connectivity index (χ3n) is 2.55. The van der Waals surface area contributed by atoms with Gasteiger partial charge in [0.05, 0.1) is 11.9 Å². The van der Waals surface area contributed by atoms with Crippen LogP contribution < -0.4 is 9.46 Å². The largest absolute Gasteiger partial charge is 0.452 e. The minimum Gasteiger partial charge on any atom is -0.452 e. The van der Waals surface area contributed by atoms with Gasteiger partial charge >= 0.3 is 0 Å². The molecule has 0 heterocycles. The van der Waals surface area contributed by atoms with Crippen molar-refractivity contribution >= 4 is 22.0 Å². The van der Waals surface area contributed by atoms with Crippen LogP contribution in [0.5, 0.6) is 11.5 Å². The molecule has 8 heteroatoms. The molecule has 0 saturated heterocycles. The zero-order valence-corrected chi connectivity index (χ0v) is 12.2. The molecule has 0 aromatic heterocycles. The molecule has 2 aromatic rings. The van der Waals surface area contributed by atoms with Crippen molar-refractivity contribution in [3.8, 4) is 11.5 Å². The number of ether oxygens (including phenoxy) is 1. The molecule has 0 aliphatic rings. The van der Waals surface area contributed by atoms with Crippen molar-refractivity contribution in [3.63, 3.8) is 0 Å². The molecule has 2 aromatic carbocycles. The van der Waals surface area contributed by atoms with Gasteiger partial charge in [-0.1, -0.05) is 0 Å². The number of halogens is 2. The van der Waals surface area contributed by atoms with Crippen molar-refractivity contribution in [1.82, 2.24) is 0 Å². The number of hydrogen-bond donors (Lipinski definition) is 1. The second-order valence-corrected chi connectivity index (χ2v) is 6.17. The van der Waals surface area contributed by atoms with Crippen LogP contribution in [0.2, 0.25) is 0 Å². The highest BCUT2D eigenvalue weighted by atomic mass is 32.2. The molecule has 22 heavy (non-hydrogen) atoms. The van der Waals surface area contributed by atoms with Gasteiger partial charge in [-0.15, -0.1) is 0 Å². The lowest BCUT2D eigenvalue weighted by Crippen LogP contribution is -2.10. The van der Waals surface area contributed by atoms with Crippen LogP contribution in [0.25, 0.3) is 0 Å². The summed E-state index contributed by atoms with van der Waals surface area (Å²) in [6.07, 6.45) is 1.46. The van der Waals surface area contributed by atoms with Gasteiger partial charge in [-0.3, -0.25) is 9.52 Å². The van der Waals surface area contributed by atoms with Gasteiger partial charge in [-0.05, 0) is 30.3 Å². The molecular weight excluding hydrogens is 316 g/mol. The number of carbonyl (C=O) groups is 1. The number of rotatable bonds is 5. The highest BCUT2D eigenvalue weighted by Gasteiger charge is 2.13. The maximum Gasteiger partial charge on any atom is 0.229 e. The Labute approximate surface area is 125 Å². The van der Waals surface area contributed by atoms with Crippen molar-refractivity contribution < 1.29 is 26.7 Å². The van der Waals surface area contributed by atoms with E-state index in [4.69, 9.17) is 4.74 Å². The molecule has 2 rings (SSSR count). The maximum absolute atomic E-state index is 13.6. The fourth-order valence-corrected chi connectivity index (χ4v) is 2.23. The first kappa shape index (κ1) is 15.9. The van der Waals surface area contributed by atoms with Crippen molar-refractivity contribution in [3.05, 3.63) is 53.6 Å². The van der Waals surface area contributed by atoms with Crippen molar-refractivity contribution in [2.75, 3.05) is 11.0 Å². The Hall–Kier alpha value is -2.48. The summed E-state index contributed by atoms with van der Waals surface area (Å²) in [5.74, 6) is -2.12. The summed E-state index contributed by atoms with van der Waals surface area (Å²) >= 11 is 0. The minimum absolute atomic E-state index is 0.0248. The first-order chi connectivity index (χ1) is 10.3. The molecule has 0 spiro atoms. The Balaban J connectivity index is 2.44. The summed E-state index contributed by atoms with van der Waals surface area (Å²) in [5, 5.41) is 0. The molecule has 0 amide bonds. The summed E-state index contributed by atoms with van der Waals surface area (Å²) < 4.78 is 56.6. The normalized spacial score (nSPS) is 11.0. The zero-order chi connectivity index (χ0) is 16.3. The van der Waals surface area contributed by atoms with Crippen molar-refractivity contribution in [2.24, 2.45) is 0 Å². The average molecular weight is 327 g/mol. The number of hydrogen-bond acceptors (Lipinski definition) is 4. The molecule has 1 N–H and O–H groups in total. The second-order valence-electron chi connectivity index (χ2n) is 4.42. The molecule has 0 aliphatic heterocycles. The molecule has 0 saturated carbocycles. The fraction of sp³-hybridized carbons (Fsp3) is 0.0714. The summed E-state index contributed by atoms with van der Waals surface area (Å²) in [6, 6.07) is 6.59. The van der Waals surface area contributed by atoms with Gasteiger partial charge in [0.2, 0.25) is 10.0 Å². The van der Waals surface area contributed by atoms with Crippen molar-refractivity contribution in [1.29, 1.82) is 0 Å². The van der Waals surface area contributed by atoms with Crippen molar-refractivity contribution in [2.45, 2.75) is 0 Å². The summed E-state index contributed by atoms with van der Waals surface area (Å²) in [4.78, 5) is 10.8. The smallest absolute Gasteiger partial charge is 0.229 e. The van der Waals surface area contributed by atoms with E-state index >= 15 is 0 Å². The van der Waals surface area contributed by atoms with Gasteiger partial charge in [-0.2, -0.15) is 0 Å². The molecule has 5 nitrogen and oxygen atoms in total. The van der Waals surface area contributed by atoms with Gasteiger partial charge in [0.15, 0.2) is 17.3 Å². The Morgan fingerprint density at radius 3 is 2.41 bits per heavy atom. The Morgan fingerprint density at radius 1 is 1.09 bits per heavy atom. The SMILES string of the molecule is CS(=O)(=O)Nc1ccc(C=O)cc1Oc1ccc(F)cc1F. The summed E-state index contributed by atoms with van der Waals surface area (Å²) in [6.45, 7) is 0. The first-order valence-corrected chi connectivity index (χ1v) is 7.87. The number of sulfonamides is 1. The number of carbonyl (C=O) groups excluding carboxylic acids is 1. The monoisotopic (exact) mass is 327 g/mol. The standard InChI is InChI=1S/C14H11F2NO4S/c1-22(19,20)17-12-4-2-9(8-18)6-14(12)21-13-5-3-10(15)7-11(13)16/h2-8,17H,1H3. The predicted octanol–water partition coefficient (Wildman–Crippen LogP) is 2.94. The molecular formula is C14H11F2NO4S. The van der Waals surface area contributed by atoms with Gasteiger partial charge in [0, 0.05) is 11.6 Å². The Kier molecular flexibility index (Phi) is 4.41. The average Bonchev–Trinajstić information content (AvgIpc) is 2.42. The van der Waals surface area contributed by atoms with Crippen LogP contribution in [0.15, 0.2) is 36.4 Å². The number of anilines is 1. The van der Waals surface area contributed by atoms with Gasteiger partial charge in [0.1, 0.15) is 12.1 Å². The van der Waals surface area contributed by atoms with E-state index in [0.29, 0.717) is 12.4 Å². The van der Waals surface area contributed by atoms with Crippen LogP contribution in [0.3, 0.4) is 0 Å². The van der Waals surface area contributed by atoms with Gasteiger partial charge in [-0.25, -0.2) is 17.2 Å². The first-order valence-electron chi connectivity index (χ1n) is 5.98. The molecule has 0 unspecified atom stereocenters.